The molecular weight excluding hydrogens is 336 g/mol. The molecule has 0 unspecified atom stereocenters. The van der Waals surface area contributed by atoms with Crippen LogP contribution in [0.1, 0.15) is 18.7 Å². The Bertz CT molecular complexity index is 765. The Hall–Kier alpha value is -1.89. The fourth-order valence-electron chi connectivity index (χ4n) is 2.24. The highest BCUT2D eigenvalue weighted by molar-refractivity contribution is 9.10. The highest BCUT2D eigenvalue weighted by Gasteiger charge is 2.23. The van der Waals surface area contributed by atoms with Crippen molar-refractivity contribution in [3.63, 3.8) is 0 Å². The number of nitrogens with zero attached hydrogens (tertiary/aromatic N) is 4. The van der Waals surface area contributed by atoms with Gasteiger partial charge in [-0.05, 0) is 46.8 Å². The minimum absolute atomic E-state index is 0.285. The van der Waals surface area contributed by atoms with Crippen molar-refractivity contribution in [1.82, 2.24) is 20.0 Å². The van der Waals surface area contributed by atoms with Crippen LogP contribution >= 0.6 is 15.9 Å². The van der Waals surface area contributed by atoms with Crippen LogP contribution in [0.2, 0.25) is 0 Å². The van der Waals surface area contributed by atoms with Crippen LogP contribution in [0.25, 0.3) is 11.0 Å². The van der Waals surface area contributed by atoms with Crippen molar-refractivity contribution in [2.24, 2.45) is 5.92 Å². The van der Waals surface area contributed by atoms with Crippen LogP contribution in [0.15, 0.2) is 33.5 Å². The van der Waals surface area contributed by atoms with E-state index >= 15 is 0 Å². The van der Waals surface area contributed by atoms with E-state index in [9.17, 15) is 0 Å². The second-order valence-electron chi connectivity index (χ2n) is 5.17. The summed E-state index contributed by atoms with van der Waals surface area (Å²) in [5.41, 5.74) is 1.85. The maximum atomic E-state index is 5.71. The van der Waals surface area contributed by atoms with Crippen molar-refractivity contribution in [3.8, 4) is 5.75 Å². The number of hydrogen-bond acceptors (Lipinski definition) is 5. The Labute approximate surface area is 129 Å². The molecule has 0 N–H and O–H groups in total. The molecule has 2 aromatic heterocycles. The molecule has 0 amide bonds. The highest BCUT2D eigenvalue weighted by atomic mass is 79.9. The molecule has 108 valence electrons. The van der Waals surface area contributed by atoms with Crippen LogP contribution in [0.4, 0.5) is 0 Å². The third-order valence-corrected chi connectivity index (χ3v) is 4.32. The lowest BCUT2D eigenvalue weighted by atomic mass is 10.3. The van der Waals surface area contributed by atoms with Gasteiger partial charge in [0.25, 0.3) is 0 Å². The van der Waals surface area contributed by atoms with Crippen LogP contribution in [0, 0.1) is 5.92 Å². The number of fused-ring (bicyclic) bond motifs is 1. The van der Waals surface area contributed by atoms with E-state index < -0.39 is 0 Å². The molecule has 2 heterocycles. The van der Waals surface area contributed by atoms with E-state index in [1.54, 1.807) is 6.20 Å². The number of hydrogen-bond donors (Lipinski definition) is 0. The number of benzene rings is 1. The first-order chi connectivity index (χ1) is 10.3. The zero-order chi connectivity index (χ0) is 14.2. The molecule has 0 atom stereocenters. The molecule has 1 aromatic carbocycles. The van der Waals surface area contributed by atoms with Gasteiger partial charge in [0.2, 0.25) is 5.89 Å². The van der Waals surface area contributed by atoms with Crippen LogP contribution in [0.5, 0.6) is 5.75 Å². The minimum atomic E-state index is 0.285. The first-order valence-electron chi connectivity index (χ1n) is 6.84. The maximum Gasteiger partial charge on any atom is 0.232 e. The highest BCUT2D eigenvalue weighted by Crippen LogP contribution is 2.35. The molecule has 4 rings (SSSR count). The normalized spacial score (nSPS) is 14.7. The summed E-state index contributed by atoms with van der Waals surface area (Å²) in [6, 6.07) is 3.91. The summed E-state index contributed by atoms with van der Waals surface area (Å²) in [4.78, 5) is 4.03. The van der Waals surface area contributed by atoms with Gasteiger partial charge < -0.3 is 9.15 Å². The van der Waals surface area contributed by atoms with Crippen molar-refractivity contribution >= 4 is 27.0 Å². The van der Waals surface area contributed by atoms with Gasteiger partial charge in [-0.3, -0.25) is 0 Å². The first-order valence-corrected chi connectivity index (χ1v) is 7.63. The molecule has 1 aliphatic carbocycles. The van der Waals surface area contributed by atoms with E-state index in [1.165, 1.54) is 19.1 Å². The quantitative estimate of drug-likeness (QED) is 0.708. The van der Waals surface area contributed by atoms with Gasteiger partial charge in [0.05, 0.1) is 16.2 Å². The minimum Gasteiger partial charge on any atom is -0.483 e. The number of oxazole rings is 1. The van der Waals surface area contributed by atoms with E-state index in [4.69, 9.17) is 9.15 Å². The Balaban J connectivity index is 1.60. The molecule has 21 heavy (non-hydrogen) atoms. The largest absolute Gasteiger partial charge is 0.483 e. The van der Waals surface area contributed by atoms with E-state index in [1.807, 2.05) is 16.8 Å². The van der Waals surface area contributed by atoms with Crippen molar-refractivity contribution in [3.05, 3.63) is 35.0 Å². The lowest BCUT2D eigenvalue weighted by Gasteiger charge is -2.07. The van der Waals surface area contributed by atoms with E-state index in [-0.39, 0.29) is 6.61 Å². The summed E-state index contributed by atoms with van der Waals surface area (Å²) in [5, 5.41) is 8.49. The molecule has 0 saturated heterocycles. The van der Waals surface area contributed by atoms with Crippen LogP contribution in [-0.2, 0) is 13.2 Å². The van der Waals surface area contributed by atoms with Crippen molar-refractivity contribution in [2.75, 3.05) is 0 Å². The maximum absolute atomic E-state index is 5.71. The zero-order valence-electron chi connectivity index (χ0n) is 11.2. The summed E-state index contributed by atoms with van der Waals surface area (Å²) in [6.45, 7) is 1.23. The van der Waals surface area contributed by atoms with Crippen LogP contribution in [0.3, 0.4) is 0 Å². The molecule has 6 nitrogen and oxygen atoms in total. The van der Waals surface area contributed by atoms with Crippen LogP contribution in [-0.4, -0.2) is 20.0 Å². The summed E-state index contributed by atoms with van der Waals surface area (Å²) in [6.07, 6.45) is 5.71. The SMILES string of the molecule is Brc1c(OCc2ncco2)ccc2c1nnn2CC1CC1. The molecule has 1 aliphatic rings. The summed E-state index contributed by atoms with van der Waals surface area (Å²) >= 11 is 3.55. The molecule has 7 heteroatoms. The van der Waals surface area contributed by atoms with Gasteiger partial charge in [0.15, 0.2) is 6.61 Å². The number of aromatic nitrogens is 4. The third kappa shape index (κ3) is 2.53. The third-order valence-electron chi connectivity index (χ3n) is 3.55. The molecule has 0 bridgehead atoms. The predicted molar refractivity (Wildman–Crippen MR) is 78.8 cm³/mol. The first kappa shape index (κ1) is 12.8. The Morgan fingerprint density at radius 3 is 3.05 bits per heavy atom. The molecule has 1 fully saturated rings. The zero-order valence-corrected chi connectivity index (χ0v) is 12.8. The molecule has 0 radical (unpaired) electrons. The second kappa shape index (κ2) is 5.14. The van der Waals surface area contributed by atoms with E-state index in [0.29, 0.717) is 11.6 Å². The fourth-order valence-corrected chi connectivity index (χ4v) is 2.77. The summed E-state index contributed by atoms with van der Waals surface area (Å²) in [5.74, 6) is 2.01. The standard InChI is InChI=1S/C14H13BrN4O2/c15-13-11(21-8-12-16-5-6-20-12)4-3-10-14(13)17-18-19(10)7-9-1-2-9/h3-6,9H,1-2,7-8H2. The van der Waals surface area contributed by atoms with Gasteiger partial charge in [-0.1, -0.05) is 5.21 Å². The van der Waals surface area contributed by atoms with Gasteiger partial charge in [-0.2, -0.15) is 0 Å². The summed E-state index contributed by atoms with van der Waals surface area (Å²) < 4.78 is 13.6. The van der Waals surface area contributed by atoms with Gasteiger partial charge >= 0.3 is 0 Å². The topological polar surface area (TPSA) is 66.0 Å². The average molecular weight is 349 g/mol. The second-order valence-corrected chi connectivity index (χ2v) is 5.97. The van der Waals surface area contributed by atoms with E-state index in [0.717, 1.165) is 28.0 Å². The monoisotopic (exact) mass is 348 g/mol. The van der Waals surface area contributed by atoms with E-state index in [2.05, 4.69) is 31.2 Å². The van der Waals surface area contributed by atoms with Crippen molar-refractivity contribution < 1.29 is 9.15 Å². The molecule has 1 saturated carbocycles. The van der Waals surface area contributed by atoms with Gasteiger partial charge in [-0.15, -0.1) is 5.10 Å². The Morgan fingerprint density at radius 1 is 1.38 bits per heavy atom. The Kier molecular flexibility index (Phi) is 3.14. The molecule has 3 aromatic rings. The predicted octanol–water partition coefficient (Wildman–Crippen LogP) is 3.17. The number of rotatable bonds is 5. The number of halogens is 1. The lowest BCUT2D eigenvalue weighted by molar-refractivity contribution is 0.262. The van der Waals surface area contributed by atoms with Gasteiger partial charge in [0, 0.05) is 6.54 Å². The van der Waals surface area contributed by atoms with Gasteiger partial charge in [0.1, 0.15) is 17.5 Å². The lowest BCUT2D eigenvalue weighted by Crippen LogP contribution is -2.01. The molecular formula is C14H13BrN4O2. The molecule has 0 spiro atoms. The fraction of sp³-hybridized carbons (Fsp3) is 0.357. The average Bonchev–Trinajstić information content (AvgIpc) is 2.99. The van der Waals surface area contributed by atoms with Crippen molar-refractivity contribution in [2.45, 2.75) is 26.0 Å². The molecule has 0 aliphatic heterocycles. The summed E-state index contributed by atoms with van der Waals surface area (Å²) in [7, 11) is 0. The smallest absolute Gasteiger partial charge is 0.232 e. The van der Waals surface area contributed by atoms with Crippen molar-refractivity contribution in [1.29, 1.82) is 0 Å². The number of ether oxygens (including phenoxy) is 1. The van der Waals surface area contributed by atoms with Gasteiger partial charge in [-0.25, -0.2) is 9.67 Å². The van der Waals surface area contributed by atoms with Crippen LogP contribution < -0.4 is 4.74 Å². The Morgan fingerprint density at radius 2 is 2.29 bits per heavy atom.